The standard InChI is InChI=1S/C10H6Cl2O2/c1-5(13)6-2-3-7-8(4-6)14-10(12)9(7)11/h2-4H,1H3. The number of hydrogen-bond acceptors (Lipinski definition) is 2. The minimum Gasteiger partial charge on any atom is -0.443 e. The lowest BCUT2D eigenvalue weighted by molar-refractivity contribution is 0.101. The Morgan fingerprint density at radius 2 is 2.07 bits per heavy atom. The van der Waals surface area contributed by atoms with Crippen molar-refractivity contribution < 1.29 is 9.21 Å². The summed E-state index contributed by atoms with van der Waals surface area (Å²) in [6.45, 7) is 1.49. The van der Waals surface area contributed by atoms with E-state index in [0.29, 0.717) is 16.2 Å². The highest BCUT2D eigenvalue weighted by atomic mass is 35.5. The third-order valence-electron chi connectivity index (χ3n) is 2.00. The summed E-state index contributed by atoms with van der Waals surface area (Å²) in [6, 6.07) is 5.06. The summed E-state index contributed by atoms with van der Waals surface area (Å²) in [7, 11) is 0. The van der Waals surface area contributed by atoms with E-state index in [0.717, 1.165) is 5.39 Å². The summed E-state index contributed by atoms with van der Waals surface area (Å²) in [5.74, 6) is -0.0180. The molecular formula is C10H6Cl2O2. The molecule has 0 saturated heterocycles. The molecule has 1 heterocycles. The van der Waals surface area contributed by atoms with Crippen LogP contribution in [0.1, 0.15) is 17.3 Å². The van der Waals surface area contributed by atoms with E-state index in [1.807, 2.05) is 0 Å². The van der Waals surface area contributed by atoms with E-state index in [-0.39, 0.29) is 11.0 Å². The SMILES string of the molecule is CC(=O)c1ccc2c(Cl)c(Cl)oc2c1. The largest absolute Gasteiger partial charge is 0.443 e. The smallest absolute Gasteiger partial charge is 0.213 e. The molecule has 0 spiro atoms. The van der Waals surface area contributed by atoms with Crippen LogP contribution in [0.3, 0.4) is 0 Å². The molecule has 2 nitrogen and oxygen atoms in total. The van der Waals surface area contributed by atoms with Crippen LogP contribution in [0, 0.1) is 0 Å². The minimum atomic E-state index is -0.0180. The number of carbonyl (C=O) groups excluding carboxylic acids is 1. The monoisotopic (exact) mass is 228 g/mol. The quantitative estimate of drug-likeness (QED) is 0.693. The second kappa shape index (κ2) is 3.30. The first-order valence-corrected chi connectivity index (χ1v) is 4.73. The summed E-state index contributed by atoms with van der Waals surface area (Å²) in [5, 5.41) is 1.26. The predicted molar refractivity (Wildman–Crippen MR) is 56.2 cm³/mol. The second-order valence-corrected chi connectivity index (χ2v) is 3.68. The maximum atomic E-state index is 11.1. The Morgan fingerprint density at radius 1 is 1.36 bits per heavy atom. The van der Waals surface area contributed by atoms with Crippen LogP contribution in [0.2, 0.25) is 10.2 Å². The minimum absolute atomic E-state index is 0.0180. The number of furan rings is 1. The average Bonchev–Trinajstić information content (AvgIpc) is 2.42. The molecule has 0 radical (unpaired) electrons. The molecule has 1 aromatic heterocycles. The fourth-order valence-electron chi connectivity index (χ4n) is 1.25. The van der Waals surface area contributed by atoms with Gasteiger partial charge in [-0.25, -0.2) is 0 Å². The van der Waals surface area contributed by atoms with E-state index >= 15 is 0 Å². The highest BCUT2D eigenvalue weighted by molar-refractivity contribution is 6.44. The molecule has 0 fully saturated rings. The molecular weight excluding hydrogens is 223 g/mol. The molecule has 0 bridgehead atoms. The van der Waals surface area contributed by atoms with Crippen LogP contribution < -0.4 is 0 Å². The maximum Gasteiger partial charge on any atom is 0.213 e. The third-order valence-corrected chi connectivity index (χ3v) is 2.73. The Bertz CT molecular complexity index is 514. The Kier molecular flexibility index (Phi) is 2.25. The van der Waals surface area contributed by atoms with Gasteiger partial charge >= 0.3 is 0 Å². The molecule has 0 aliphatic heterocycles. The van der Waals surface area contributed by atoms with Gasteiger partial charge < -0.3 is 4.42 Å². The van der Waals surface area contributed by atoms with Crippen molar-refractivity contribution in [1.29, 1.82) is 0 Å². The van der Waals surface area contributed by atoms with E-state index in [4.69, 9.17) is 27.6 Å². The highest BCUT2D eigenvalue weighted by Gasteiger charge is 2.11. The van der Waals surface area contributed by atoms with Crippen LogP contribution >= 0.6 is 23.2 Å². The molecule has 2 rings (SSSR count). The zero-order chi connectivity index (χ0) is 10.3. The van der Waals surface area contributed by atoms with Crippen LogP contribution in [-0.4, -0.2) is 5.78 Å². The first-order chi connectivity index (χ1) is 6.59. The highest BCUT2D eigenvalue weighted by Crippen LogP contribution is 2.34. The van der Waals surface area contributed by atoms with E-state index in [9.17, 15) is 4.79 Å². The zero-order valence-electron chi connectivity index (χ0n) is 7.30. The summed E-state index contributed by atoms with van der Waals surface area (Å²) in [4.78, 5) is 11.1. The number of halogens is 2. The van der Waals surface area contributed by atoms with Crippen molar-refractivity contribution in [3.8, 4) is 0 Å². The van der Waals surface area contributed by atoms with E-state index in [2.05, 4.69) is 0 Å². The summed E-state index contributed by atoms with van der Waals surface area (Å²) in [6.07, 6.45) is 0. The number of hydrogen-bond donors (Lipinski definition) is 0. The molecule has 1 aromatic carbocycles. The van der Waals surface area contributed by atoms with Gasteiger partial charge in [-0.3, -0.25) is 4.79 Å². The predicted octanol–water partition coefficient (Wildman–Crippen LogP) is 3.94. The molecule has 72 valence electrons. The van der Waals surface area contributed by atoms with Crippen molar-refractivity contribution in [2.24, 2.45) is 0 Å². The van der Waals surface area contributed by atoms with Crippen molar-refractivity contribution in [2.45, 2.75) is 6.92 Å². The number of rotatable bonds is 1. The Hall–Kier alpha value is -0.990. The Balaban J connectivity index is 2.73. The van der Waals surface area contributed by atoms with Crippen molar-refractivity contribution in [3.05, 3.63) is 34.0 Å². The number of carbonyl (C=O) groups is 1. The van der Waals surface area contributed by atoms with Gasteiger partial charge in [0.25, 0.3) is 0 Å². The second-order valence-electron chi connectivity index (χ2n) is 2.96. The van der Waals surface area contributed by atoms with E-state index in [1.165, 1.54) is 6.92 Å². The Labute approximate surface area is 90.4 Å². The molecule has 0 N–H and O–H groups in total. The third kappa shape index (κ3) is 1.41. The van der Waals surface area contributed by atoms with Gasteiger partial charge in [0.1, 0.15) is 10.6 Å². The molecule has 4 heteroatoms. The van der Waals surface area contributed by atoms with Crippen molar-refractivity contribution in [3.63, 3.8) is 0 Å². The van der Waals surface area contributed by atoms with Crippen molar-refractivity contribution in [1.82, 2.24) is 0 Å². The van der Waals surface area contributed by atoms with Crippen LogP contribution in [0.25, 0.3) is 11.0 Å². The lowest BCUT2D eigenvalue weighted by Gasteiger charge is -1.93. The molecule has 0 aliphatic carbocycles. The average molecular weight is 229 g/mol. The van der Waals surface area contributed by atoms with E-state index in [1.54, 1.807) is 18.2 Å². The number of ketones is 1. The van der Waals surface area contributed by atoms with Gasteiger partial charge in [-0.2, -0.15) is 0 Å². The number of Topliss-reactive ketones (excluding diaryl/α,β-unsaturated/α-hetero) is 1. The van der Waals surface area contributed by atoms with E-state index < -0.39 is 0 Å². The van der Waals surface area contributed by atoms with Crippen molar-refractivity contribution in [2.75, 3.05) is 0 Å². The molecule has 0 amide bonds. The molecule has 0 saturated carbocycles. The molecule has 2 aromatic rings. The maximum absolute atomic E-state index is 11.1. The van der Waals surface area contributed by atoms with Gasteiger partial charge in [-0.15, -0.1) is 0 Å². The summed E-state index contributed by atoms with van der Waals surface area (Å²) < 4.78 is 5.17. The summed E-state index contributed by atoms with van der Waals surface area (Å²) in [5.41, 5.74) is 1.12. The molecule has 0 aliphatic rings. The van der Waals surface area contributed by atoms with Gasteiger partial charge in [0, 0.05) is 10.9 Å². The lowest BCUT2D eigenvalue weighted by Crippen LogP contribution is -1.89. The fraction of sp³-hybridized carbons (Fsp3) is 0.100. The normalized spacial score (nSPS) is 10.8. The summed E-state index contributed by atoms with van der Waals surface area (Å²) >= 11 is 11.6. The van der Waals surface area contributed by atoms with Crippen LogP contribution in [0.4, 0.5) is 0 Å². The van der Waals surface area contributed by atoms with Crippen LogP contribution in [0.15, 0.2) is 22.6 Å². The Morgan fingerprint density at radius 3 is 2.71 bits per heavy atom. The van der Waals surface area contributed by atoms with Gasteiger partial charge in [0.15, 0.2) is 5.78 Å². The molecule has 14 heavy (non-hydrogen) atoms. The zero-order valence-corrected chi connectivity index (χ0v) is 8.82. The molecule has 0 atom stereocenters. The first kappa shape index (κ1) is 9.56. The van der Waals surface area contributed by atoms with Gasteiger partial charge in [0.05, 0.1) is 0 Å². The first-order valence-electron chi connectivity index (χ1n) is 3.98. The topological polar surface area (TPSA) is 30.2 Å². The van der Waals surface area contributed by atoms with Gasteiger partial charge in [-0.1, -0.05) is 17.7 Å². The van der Waals surface area contributed by atoms with Crippen molar-refractivity contribution >= 4 is 40.0 Å². The molecule has 0 unspecified atom stereocenters. The number of benzene rings is 1. The van der Waals surface area contributed by atoms with Gasteiger partial charge in [-0.05, 0) is 30.7 Å². The van der Waals surface area contributed by atoms with Crippen LogP contribution in [-0.2, 0) is 0 Å². The number of fused-ring (bicyclic) bond motifs is 1. The lowest BCUT2D eigenvalue weighted by atomic mass is 10.1. The fourth-order valence-corrected chi connectivity index (χ4v) is 1.63. The van der Waals surface area contributed by atoms with Gasteiger partial charge in [0.2, 0.25) is 5.22 Å². The van der Waals surface area contributed by atoms with Crippen LogP contribution in [0.5, 0.6) is 0 Å².